The monoisotopic (exact) mass is 243 g/mol. The average molecular weight is 243 g/mol. The zero-order valence-electron chi connectivity index (χ0n) is 10.2. The highest BCUT2D eigenvalue weighted by Crippen LogP contribution is 1.89. The summed E-state index contributed by atoms with van der Waals surface area (Å²) >= 11 is 0. The van der Waals surface area contributed by atoms with Gasteiger partial charge in [-0.1, -0.05) is 0 Å². The zero-order chi connectivity index (χ0) is 13.3. The number of amides is 1. The Hall–Kier alpha value is -1.85. The van der Waals surface area contributed by atoms with Crippen molar-refractivity contribution in [3.8, 4) is 0 Å². The summed E-state index contributed by atoms with van der Waals surface area (Å²) in [6, 6.07) is -0.271. The van der Waals surface area contributed by atoms with E-state index in [1.165, 1.54) is 6.92 Å². The van der Waals surface area contributed by atoms with Gasteiger partial charge < -0.3 is 14.8 Å². The van der Waals surface area contributed by atoms with Gasteiger partial charge in [0.1, 0.15) is 6.61 Å². The van der Waals surface area contributed by atoms with E-state index in [-0.39, 0.29) is 25.2 Å². The van der Waals surface area contributed by atoms with Crippen molar-refractivity contribution >= 4 is 17.8 Å². The molecule has 1 atom stereocenters. The molecule has 0 unspecified atom stereocenters. The predicted molar refractivity (Wildman–Crippen MR) is 60.0 cm³/mol. The molecule has 0 aliphatic carbocycles. The van der Waals surface area contributed by atoms with Crippen molar-refractivity contribution in [2.45, 2.75) is 26.8 Å². The summed E-state index contributed by atoms with van der Waals surface area (Å²) in [5.41, 5.74) is 0. The molecule has 0 aromatic carbocycles. The lowest BCUT2D eigenvalue weighted by Gasteiger charge is -2.11. The minimum atomic E-state index is -0.657. The number of rotatable bonds is 6. The first-order valence-electron chi connectivity index (χ1n) is 5.24. The van der Waals surface area contributed by atoms with E-state index in [9.17, 15) is 14.4 Å². The lowest BCUT2D eigenvalue weighted by molar-refractivity contribution is -0.140. The molecule has 0 radical (unpaired) electrons. The van der Waals surface area contributed by atoms with Crippen LogP contribution < -0.4 is 5.32 Å². The second-order valence-corrected chi connectivity index (χ2v) is 3.32. The van der Waals surface area contributed by atoms with Crippen molar-refractivity contribution in [2.75, 3.05) is 13.2 Å². The zero-order valence-corrected chi connectivity index (χ0v) is 10.2. The summed E-state index contributed by atoms with van der Waals surface area (Å²) in [6.07, 6.45) is 1.98. The van der Waals surface area contributed by atoms with Gasteiger partial charge in [-0.2, -0.15) is 0 Å². The summed E-state index contributed by atoms with van der Waals surface area (Å²) in [4.78, 5) is 32.6. The number of esters is 2. The normalized spacial score (nSPS) is 11.9. The second-order valence-electron chi connectivity index (χ2n) is 3.32. The molecule has 1 amide bonds. The summed E-state index contributed by atoms with van der Waals surface area (Å²) in [6.45, 7) is 5.03. The number of hydrogen-bond acceptors (Lipinski definition) is 5. The van der Waals surface area contributed by atoms with Gasteiger partial charge >= 0.3 is 11.9 Å². The fourth-order valence-corrected chi connectivity index (χ4v) is 0.970. The Morgan fingerprint density at radius 3 is 2.18 bits per heavy atom. The van der Waals surface area contributed by atoms with Crippen molar-refractivity contribution in [1.82, 2.24) is 5.32 Å². The molecule has 1 N–H and O–H groups in total. The molecule has 0 fully saturated rings. The van der Waals surface area contributed by atoms with Crippen molar-refractivity contribution in [3.63, 3.8) is 0 Å². The number of carbonyl (C=O) groups is 3. The van der Waals surface area contributed by atoms with Gasteiger partial charge in [0.25, 0.3) is 0 Å². The van der Waals surface area contributed by atoms with Crippen molar-refractivity contribution in [3.05, 3.63) is 12.2 Å². The maximum Gasteiger partial charge on any atom is 0.331 e. The van der Waals surface area contributed by atoms with Crippen LogP contribution in [0.25, 0.3) is 0 Å². The minimum Gasteiger partial charge on any atom is -0.463 e. The maximum absolute atomic E-state index is 11.1. The van der Waals surface area contributed by atoms with Crippen LogP contribution in [0.3, 0.4) is 0 Å². The van der Waals surface area contributed by atoms with Gasteiger partial charge in [0.2, 0.25) is 5.91 Å². The van der Waals surface area contributed by atoms with Crippen LogP contribution in [0.2, 0.25) is 0 Å². The van der Waals surface area contributed by atoms with Gasteiger partial charge in [-0.25, -0.2) is 9.59 Å². The lowest BCUT2D eigenvalue weighted by atomic mass is 10.3. The van der Waals surface area contributed by atoms with Crippen LogP contribution in [0.15, 0.2) is 12.2 Å². The van der Waals surface area contributed by atoms with Crippen LogP contribution in [0.5, 0.6) is 0 Å². The molecule has 0 rings (SSSR count). The summed E-state index contributed by atoms with van der Waals surface area (Å²) in [5, 5.41) is 2.55. The Morgan fingerprint density at radius 1 is 1.18 bits per heavy atom. The molecular formula is C11H17NO5. The van der Waals surface area contributed by atoms with E-state index < -0.39 is 11.9 Å². The molecule has 96 valence electrons. The minimum absolute atomic E-state index is 0.0472. The van der Waals surface area contributed by atoms with Crippen LogP contribution >= 0.6 is 0 Å². The molecule has 0 aromatic heterocycles. The van der Waals surface area contributed by atoms with E-state index in [1.807, 2.05) is 0 Å². The fraction of sp³-hybridized carbons (Fsp3) is 0.545. The summed E-state index contributed by atoms with van der Waals surface area (Å²) in [5.74, 6) is -1.45. The molecule has 0 bridgehead atoms. The third-order valence-electron chi connectivity index (χ3n) is 1.57. The third kappa shape index (κ3) is 9.10. The largest absolute Gasteiger partial charge is 0.463 e. The Bertz CT molecular complexity index is 311. The predicted octanol–water partition coefficient (Wildman–Crippen LogP) is 0.173. The second kappa shape index (κ2) is 8.32. The van der Waals surface area contributed by atoms with Gasteiger partial charge in [-0.15, -0.1) is 0 Å². The van der Waals surface area contributed by atoms with Crippen LogP contribution in [-0.4, -0.2) is 37.1 Å². The molecule has 0 aliphatic rings. The van der Waals surface area contributed by atoms with E-state index in [2.05, 4.69) is 10.1 Å². The summed E-state index contributed by atoms with van der Waals surface area (Å²) < 4.78 is 9.36. The number of ether oxygens (including phenoxy) is 2. The maximum atomic E-state index is 11.1. The molecule has 6 heteroatoms. The van der Waals surface area contributed by atoms with Crippen molar-refractivity contribution < 1.29 is 23.9 Å². The van der Waals surface area contributed by atoms with Crippen LogP contribution in [0.1, 0.15) is 20.8 Å². The highest BCUT2D eigenvalue weighted by atomic mass is 16.5. The number of hydrogen-bond donors (Lipinski definition) is 1. The van der Waals surface area contributed by atoms with E-state index >= 15 is 0 Å². The highest BCUT2D eigenvalue weighted by Gasteiger charge is 2.06. The Kier molecular flexibility index (Phi) is 7.41. The Labute approximate surface area is 100.0 Å². The van der Waals surface area contributed by atoms with Crippen molar-refractivity contribution in [1.29, 1.82) is 0 Å². The Balaban J connectivity index is 3.87. The molecule has 0 heterocycles. The fourth-order valence-electron chi connectivity index (χ4n) is 0.970. The molecule has 0 aliphatic heterocycles. The van der Waals surface area contributed by atoms with E-state index in [0.29, 0.717) is 0 Å². The van der Waals surface area contributed by atoms with Gasteiger partial charge in [-0.3, -0.25) is 4.79 Å². The van der Waals surface area contributed by atoms with E-state index in [1.54, 1.807) is 13.8 Å². The number of nitrogens with one attached hydrogen (secondary N) is 1. The van der Waals surface area contributed by atoms with Crippen molar-refractivity contribution in [2.24, 2.45) is 0 Å². The lowest BCUT2D eigenvalue weighted by Crippen LogP contribution is -2.34. The highest BCUT2D eigenvalue weighted by molar-refractivity contribution is 5.91. The van der Waals surface area contributed by atoms with Gasteiger partial charge in [0.15, 0.2) is 0 Å². The molecule has 0 aromatic rings. The molecular weight excluding hydrogens is 226 g/mol. The van der Waals surface area contributed by atoms with Gasteiger partial charge in [-0.05, 0) is 13.8 Å². The van der Waals surface area contributed by atoms with E-state index in [0.717, 1.165) is 12.2 Å². The van der Waals surface area contributed by atoms with E-state index in [4.69, 9.17) is 4.74 Å². The molecule has 0 saturated carbocycles. The standard InChI is InChI=1S/C11H17NO5/c1-4-16-10(14)5-6-11(15)17-7-8(2)12-9(3)13/h5-6,8H,4,7H2,1-3H3,(H,12,13)/b6-5+/t8-/m0/s1. The first kappa shape index (κ1) is 15.2. The SMILES string of the molecule is CCOC(=O)/C=C/C(=O)OC[C@H](C)NC(C)=O. The topological polar surface area (TPSA) is 81.7 Å². The molecule has 0 spiro atoms. The third-order valence-corrected chi connectivity index (χ3v) is 1.57. The molecule has 17 heavy (non-hydrogen) atoms. The quantitative estimate of drug-likeness (QED) is 0.531. The Morgan fingerprint density at radius 2 is 1.71 bits per heavy atom. The van der Waals surface area contributed by atoms with Crippen LogP contribution in [0, 0.1) is 0 Å². The van der Waals surface area contributed by atoms with Gasteiger partial charge in [0, 0.05) is 19.1 Å². The van der Waals surface area contributed by atoms with Crippen LogP contribution in [-0.2, 0) is 23.9 Å². The van der Waals surface area contributed by atoms with Gasteiger partial charge in [0.05, 0.1) is 12.6 Å². The smallest absolute Gasteiger partial charge is 0.331 e. The molecule has 6 nitrogen and oxygen atoms in total. The average Bonchev–Trinajstić information content (AvgIpc) is 2.23. The first-order valence-corrected chi connectivity index (χ1v) is 5.24. The first-order chi connectivity index (χ1) is 7.95. The molecule has 0 saturated heterocycles. The van der Waals surface area contributed by atoms with Crippen LogP contribution in [0.4, 0.5) is 0 Å². The summed E-state index contributed by atoms with van der Waals surface area (Å²) in [7, 11) is 0. The number of carbonyl (C=O) groups excluding carboxylic acids is 3.